The summed E-state index contributed by atoms with van der Waals surface area (Å²) in [6, 6.07) is 0. The predicted molar refractivity (Wildman–Crippen MR) is 32.8 cm³/mol. The van der Waals surface area contributed by atoms with Gasteiger partial charge in [-0.05, 0) is 0 Å². The maximum atomic E-state index is 9.64. The van der Waals surface area contributed by atoms with Crippen molar-refractivity contribution in [3.63, 3.8) is 0 Å². The van der Waals surface area contributed by atoms with Crippen molar-refractivity contribution in [2.24, 2.45) is 12.0 Å². The van der Waals surface area contributed by atoms with Gasteiger partial charge in [0.05, 0.1) is 12.7 Å². The monoisotopic (exact) mass is 138 g/mol. The van der Waals surface area contributed by atoms with E-state index in [2.05, 4.69) is 15.3 Å². The van der Waals surface area contributed by atoms with Gasteiger partial charge in [0, 0.05) is 7.05 Å². The fourth-order valence-corrected chi connectivity index (χ4v) is 0.581. The molecule has 1 rings (SSSR count). The molecular formula is C5H6N4O. The standard InChI is InChI=1S/C5H6N4O/c1-9-3-5(7-8-9)2-6-4-10/h3H,2H2,1H3. The lowest BCUT2D eigenvalue weighted by Crippen LogP contribution is -1.85. The van der Waals surface area contributed by atoms with Crippen LogP contribution >= 0.6 is 0 Å². The Morgan fingerprint density at radius 2 is 2.70 bits per heavy atom. The minimum atomic E-state index is 0.261. The molecular weight excluding hydrogens is 132 g/mol. The number of aliphatic imine (C=N–C) groups is 1. The van der Waals surface area contributed by atoms with Crippen LogP contribution in [0.5, 0.6) is 0 Å². The molecule has 0 aliphatic carbocycles. The minimum absolute atomic E-state index is 0.261. The molecule has 5 nitrogen and oxygen atoms in total. The Hall–Kier alpha value is -1.48. The minimum Gasteiger partial charge on any atom is -0.255 e. The van der Waals surface area contributed by atoms with E-state index in [1.165, 1.54) is 6.08 Å². The maximum Gasteiger partial charge on any atom is 0.235 e. The van der Waals surface area contributed by atoms with Gasteiger partial charge in [-0.15, -0.1) is 5.10 Å². The van der Waals surface area contributed by atoms with Crippen molar-refractivity contribution in [2.45, 2.75) is 6.54 Å². The average molecular weight is 138 g/mol. The van der Waals surface area contributed by atoms with Crippen LogP contribution in [0.25, 0.3) is 0 Å². The second kappa shape index (κ2) is 2.89. The van der Waals surface area contributed by atoms with Crippen molar-refractivity contribution < 1.29 is 4.79 Å². The third kappa shape index (κ3) is 1.50. The van der Waals surface area contributed by atoms with E-state index < -0.39 is 0 Å². The quantitative estimate of drug-likeness (QED) is 0.414. The van der Waals surface area contributed by atoms with Crippen LogP contribution in [0.2, 0.25) is 0 Å². The van der Waals surface area contributed by atoms with Gasteiger partial charge in [-0.1, -0.05) is 5.21 Å². The van der Waals surface area contributed by atoms with Crippen molar-refractivity contribution in [1.82, 2.24) is 15.0 Å². The molecule has 1 aromatic rings. The van der Waals surface area contributed by atoms with E-state index in [1.54, 1.807) is 17.9 Å². The number of rotatable bonds is 2. The molecule has 0 N–H and O–H groups in total. The van der Waals surface area contributed by atoms with Crippen LogP contribution in [-0.2, 0) is 18.4 Å². The van der Waals surface area contributed by atoms with Crippen LogP contribution < -0.4 is 0 Å². The summed E-state index contributed by atoms with van der Waals surface area (Å²) in [6.45, 7) is 0.261. The smallest absolute Gasteiger partial charge is 0.235 e. The number of aryl methyl sites for hydroxylation is 1. The molecule has 0 aliphatic heterocycles. The Bertz CT molecular complexity index is 260. The summed E-state index contributed by atoms with van der Waals surface area (Å²) < 4.78 is 1.55. The van der Waals surface area contributed by atoms with E-state index in [-0.39, 0.29) is 6.54 Å². The lowest BCUT2D eigenvalue weighted by atomic mass is 10.5. The van der Waals surface area contributed by atoms with E-state index in [0.717, 1.165) is 0 Å². The average Bonchev–Trinajstić information content (AvgIpc) is 2.31. The first-order valence-corrected chi connectivity index (χ1v) is 2.72. The molecule has 1 heterocycles. The van der Waals surface area contributed by atoms with Crippen molar-refractivity contribution in [1.29, 1.82) is 0 Å². The van der Waals surface area contributed by atoms with Crippen LogP contribution in [0.3, 0.4) is 0 Å². The van der Waals surface area contributed by atoms with E-state index in [9.17, 15) is 4.79 Å². The third-order valence-electron chi connectivity index (χ3n) is 0.956. The second-order valence-electron chi connectivity index (χ2n) is 1.79. The van der Waals surface area contributed by atoms with Gasteiger partial charge in [-0.25, -0.2) is 4.79 Å². The highest BCUT2D eigenvalue weighted by Gasteiger charge is 1.93. The Morgan fingerprint density at radius 1 is 1.90 bits per heavy atom. The summed E-state index contributed by atoms with van der Waals surface area (Å²) in [5.74, 6) is 0. The highest BCUT2D eigenvalue weighted by Crippen LogP contribution is 1.91. The molecule has 0 saturated heterocycles. The molecule has 0 bridgehead atoms. The molecule has 0 aromatic carbocycles. The van der Waals surface area contributed by atoms with Crippen LogP contribution in [0.15, 0.2) is 11.2 Å². The number of hydrogen-bond acceptors (Lipinski definition) is 4. The van der Waals surface area contributed by atoms with E-state index in [1.807, 2.05) is 0 Å². The van der Waals surface area contributed by atoms with E-state index in [0.29, 0.717) is 5.69 Å². The van der Waals surface area contributed by atoms with Crippen molar-refractivity contribution in [3.05, 3.63) is 11.9 Å². The number of carbonyl (C=O) groups excluding carboxylic acids is 1. The summed E-state index contributed by atoms with van der Waals surface area (Å²) in [7, 11) is 1.75. The molecule has 0 radical (unpaired) electrons. The molecule has 52 valence electrons. The molecule has 0 saturated carbocycles. The van der Waals surface area contributed by atoms with Crippen LogP contribution in [0.4, 0.5) is 0 Å². The molecule has 0 unspecified atom stereocenters. The third-order valence-corrected chi connectivity index (χ3v) is 0.956. The molecule has 0 amide bonds. The zero-order valence-corrected chi connectivity index (χ0v) is 5.48. The first-order chi connectivity index (χ1) is 4.83. The Kier molecular flexibility index (Phi) is 1.92. The van der Waals surface area contributed by atoms with Gasteiger partial charge in [-0.3, -0.25) is 4.68 Å². The van der Waals surface area contributed by atoms with Gasteiger partial charge in [0.1, 0.15) is 5.69 Å². The molecule has 0 aliphatic rings. The van der Waals surface area contributed by atoms with Crippen molar-refractivity contribution >= 4 is 6.08 Å². The largest absolute Gasteiger partial charge is 0.255 e. The topological polar surface area (TPSA) is 60.1 Å². The normalized spacial score (nSPS) is 8.90. The zero-order valence-electron chi connectivity index (χ0n) is 5.48. The fourth-order valence-electron chi connectivity index (χ4n) is 0.581. The highest BCUT2D eigenvalue weighted by atomic mass is 16.1. The molecule has 0 spiro atoms. The first-order valence-electron chi connectivity index (χ1n) is 2.72. The summed E-state index contributed by atoms with van der Waals surface area (Å²) in [4.78, 5) is 13.0. The molecule has 0 fully saturated rings. The molecule has 1 aromatic heterocycles. The maximum absolute atomic E-state index is 9.64. The first kappa shape index (κ1) is 6.64. The zero-order chi connectivity index (χ0) is 7.40. The molecule has 10 heavy (non-hydrogen) atoms. The van der Waals surface area contributed by atoms with Crippen LogP contribution in [-0.4, -0.2) is 21.1 Å². The molecule has 5 heteroatoms. The predicted octanol–water partition coefficient (Wildman–Crippen LogP) is -0.349. The van der Waals surface area contributed by atoms with Gasteiger partial charge in [0.2, 0.25) is 6.08 Å². The van der Waals surface area contributed by atoms with Gasteiger partial charge in [0.25, 0.3) is 0 Å². The SMILES string of the molecule is Cn1cc(CN=C=O)nn1. The summed E-state index contributed by atoms with van der Waals surface area (Å²) in [5.41, 5.74) is 0.672. The Balaban J connectivity index is 2.66. The Labute approximate surface area is 57.4 Å². The summed E-state index contributed by atoms with van der Waals surface area (Å²) in [5, 5.41) is 7.34. The highest BCUT2D eigenvalue weighted by molar-refractivity contribution is 5.32. The fraction of sp³-hybridized carbons (Fsp3) is 0.400. The summed E-state index contributed by atoms with van der Waals surface area (Å²) in [6.07, 6.45) is 3.12. The lowest BCUT2D eigenvalue weighted by molar-refractivity contribution is 0.562. The number of hydrogen-bond donors (Lipinski definition) is 0. The van der Waals surface area contributed by atoms with E-state index >= 15 is 0 Å². The lowest BCUT2D eigenvalue weighted by Gasteiger charge is -1.79. The van der Waals surface area contributed by atoms with Crippen LogP contribution in [0.1, 0.15) is 5.69 Å². The van der Waals surface area contributed by atoms with Gasteiger partial charge in [-0.2, -0.15) is 4.99 Å². The number of aromatic nitrogens is 3. The number of nitrogens with zero attached hydrogens (tertiary/aromatic N) is 4. The van der Waals surface area contributed by atoms with E-state index in [4.69, 9.17) is 0 Å². The van der Waals surface area contributed by atoms with Gasteiger partial charge >= 0.3 is 0 Å². The van der Waals surface area contributed by atoms with Crippen molar-refractivity contribution in [2.75, 3.05) is 0 Å². The molecule has 0 atom stereocenters. The van der Waals surface area contributed by atoms with Gasteiger partial charge < -0.3 is 0 Å². The second-order valence-corrected chi connectivity index (χ2v) is 1.79. The number of isocyanates is 1. The summed E-state index contributed by atoms with van der Waals surface area (Å²) >= 11 is 0. The Morgan fingerprint density at radius 3 is 3.20 bits per heavy atom. The van der Waals surface area contributed by atoms with Gasteiger partial charge in [0.15, 0.2) is 0 Å². The van der Waals surface area contributed by atoms with Crippen LogP contribution in [0, 0.1) is 0 Å². The van der Waals surface area contributed by atoms with Crippen molar-refractivity contribution in [3.8, 4) is 0 Å².